The van der Waals surface area contributed by atoms with Crippen LogP contribution in [0.2, 0.25) is 0 Å². The van der Waals surface area contributed by atoms with Gasteiger partial charge in [-0.25, -0.2) is 9.59 Å². The van der Waals surface area contributed by atoms with Crippen molar-refractivity contribution in [2.45, 2.75) is 20.4 Å². The number of carboxylic acid groups (broad SMARTS) is 1. The number of hydrogen-bond donors (Lipinski definition) is 4. The Morgan fingerprint density at radius 3 is 2.75 bits per heavy atom. The molecule has 0 radical (unpaired) electrons. The highest BCUT2D eigenvalue weighted by molar-refractivity contribution is 7.16. The van der Waals surface area contributed by atoms with E-state index < -0.39 is 12.0 Å². The van der Waals surface area contributed by atoms with Gasteiger partial charge in [0.25, 0.3) is 0 Å². The summed E-state index contributed by atoms with van der Waals surface area (Å²) >= 11 is 1.22. The minimum absolute atomic E-state index is 0.0913. The lowest BCUT2D eigenvalue weighted by Crippen LogP contribution is -2.28. The number of nitrogens with one attached hydrogen (secondary N) is 3. The van der Waals surface area contributed by atoms with Crippen molar-refractivity contribution >= 4 is 28.3 Å². The van der Waals surface area contributed by atoms with E-state index in [4.69, 9.17) is 5.11 Å². The van der Waals surface area contributed by atoms with Gasteiger partial charge in [-0.2, -0.15) is 5.21 Å². The second-order valence-corrected chi connectivity index (χ2v) is 5.15. The summed E-state index contributed by atoms with van der Waals surface area (Å²) < 4.78 is 0. The van der Waals surface area contributed by atoms with Crippen LogP contribution in [0.25, 0.3) is 0 Å². The van der Waals surface area contributed by atoms with Gasteiger partial charge in [0.1, 0.15) is 5.00 Å². The molecule has 10 heteroatoms. The Balaban J connectivity index is 2.04. The molecule has 2 rings (SSSR count). The van der Waals surface area contributed by atoms with Gasteiger partial charge < -0.3 is 10.4 Å². The fourth-order valence-corrected chi connectivity index (χ4v) is 2.58. The molecule has 9 nitrogen and oxygen atoms in total. The summed E-state index contributed by atoms with van der Waals surface area (Å²) in [5.41, 5.74) is 0.762. The number of tetrazole rings is 1. The molecule has 2 aromatic heterocycles. The SMILES string of the molecule is Cc1sc(NC(=O)NCc2nn[nH]n2)c(C(=O)O)c1C. The average molecular weight is 296 g/mol. The van der Waals surface area contributed by atoms with E-state index in [1.165, 1.54) is 11.3 Å². The molecule has 0 aliphatic heterocycles. The molecule has 4 N–H and O–H groups in total. The normalized spacial score (nSPS) is 10.3. The monoisotopic (exact) mass is 296 g/mol. The van der Waals surface area contributed by atoms with Gasteiger partial charge in [0, 0.05) is 4.88 Å². The van der Waals surface area contributed by atoms with E-state index in [0.29, 0.717) is 16.4 Å². The number of urea groups is 1. The molecular weight excluding hydrogens is 284 g/mol. The van der Waals surface area contributed by atoms with Crippen LogP contribution in [0.5, 0.6) is 0 Å². The van der Waals surface area contributed by atoms with Crippen molar-refractivity contribution in [2.75, 3.05) is 5.32 Å². The third kappa shape index (κ3) is 2.91. The number of rotatable bonds is 4. The van der Waals surface area contributed by atoms with E-state index in [-0.39, 0.29) is 12.1 Å². The maximum Gasteiger partial charge on any atom is 0.338 e. The van der Waals surface area contributed by atoms with Crippen LogP contribution in [0.3, 0.4) is 0 Å². The van der Waals surface area contributed by atoms with E-state index >= 15 is 0 Å². The van der Waals surface area contributed by atoms with Crippen molar-refractivity contribution in [3.63, 3.8) is 0 Å². The maximum absolute atomic E-state index is 11.7. The summed E-state index contributed by atoms with van der Waals surface area (Å²) in [5, 5.41) is 27.5. The number of carbonyl (C=O) groups is 2. The van der Waals surface area contributed by atoms with E-state index in [1.54, 1.807) is 13.8 Å². The zero-order valence-corrected chi connectivity index (χ0v) is 11.5. The summed E-state index contributed by atoms with van der Waals surface area (Å²) in [5.74, 6) is -0.738. The molecule has 2 amide bonds. The molecule has 0 aliphatic carbocycles. The number of aromatic nitrogens is 4. The largest absolute Gasteiger partial charge is 0.478 e. The fraction of sp³-hybridized carbons (Fsp3) is 0.300. The highest BCUT2D eigenvalue weighted by Gasteiger charge is 2.20. The number of aryl methyl sites for hydroxylation is 1. The van der Waals surface area contributed by atoms with Crippen LogP contribution in [0, 0.1) is 13.8 Å². The van der Waals surface area contributed by atoms with Crippen LogP contribution in [-0.4, -0.2) is 37.7 Å². The third-order valence-electron chi connectivity index (χ3n) is 2.62. The minimum atomic E-state index is -1.07. The van der Waals surface area contributed by atoms with Gasteiger partial charge in [0.2, 0.25) is 0 Å². The molecule has 106 valence electrons. The Labute approximate surface area is 117 Å². The number of carboxylic acids is 1. The van der Waals surface area contributed by atoms with E-state index in [9.17, 15) is 9.59 Å². The number of hydrogen-bond acceptors (Lipinski definition) is 6. The summed E-state index contributed by atoms with van der Waals surface area (Å²) in [6.07, 6.45) is 0. The van der Waals surface area contributed by atoms with Gasteiger partial charge in [-0.1, -0.05) is 5.21 Å². The molecule has 20 heavy (non-hydrogen) atoms. The standard InChI is InChI=1S/C10H12N6O3S/c1-4-5(2)20-8(7(4)9(17)18)12-10(19)11-3-6-13-15-16-14-6/h3H2,1-2H3,(H,17,18)(H2,11,12,19)(H,13,14,15,16). The van der Waals surface area contributed by atoms with Crippen LogP contribution < -0.4 is 10.6 Å². The van der Waals surface area contributed by atoms with Gasteiger partial charge in [-0.3, -0.25) is 5.32 Å². The minimum Gasteiger partial charge on any atom is -0.478 e. The Morgan fingerprint density at radius 1 is 1.40 bits per heavy atom. The highest BCUT2D eigenvalue weighted by Crippen LogP contribution is 2.32. The number of H-pyrrole nitrogens is 1. The van der Waals surface area contributed by atoms with Crippen molar-refractivity contribution in [2.24, 2.45) is 0 Å². The first kappa shape index (κ1) is 13.9. The molecule has 0 saturated heterocycles. The van der Waals surface area contributed by atoms with E-state index in [2.05, 4.69) is 31.3 Å². The Morgan fingerprint density at radius 2 is 2.15 bits per heavy atom. The van der Waals surface area contributed by atoms with Crippen molar-refractivity contribution in [1.82, 2.24) is 25.9 Å². The molecule has 0 aliphatic rings. The molecule has 0 fully saturated rings. The first-order valence-corrected chi connectivity index (χ1v) is 6.41. The van der Waals surface area contributed by atoms with E-state index in [1.807, 2.05) is 0 Å². The van der Waals surface area contributed by atoms with Gasteiger partial charge in [-0.15, -0.1) is 21.5 Å². The summed E-state index contributed by atoms with van der Waals surface area (Å²) in [6.45, 7) is 3.60. The Hall–Kier alpha value is -2.49. The first-order chi connectivity index (χ1) is 9.49. The molecule has 2 aromatic rings. The second-order valence-electron chi connectivity index (χ2n) is 3.93. The van der Waals surface area contributed by atoms with Crippen LogP contribution in [0.4, 0.5) is 9.80 Å². The van der Waals surface area contributed by atoms with Crippen molar-refractivity contribution in [1.29, 1.82) is 0 Å². The maximum atomic E-state index is 11.7. The third-order valence-corrected chi connectivity index (χ3v) is 3.75. The number of anilines is 1. The molecule has 0 spiro atoms. The van der Waals surface area contributed by atoms with Crippen LogP contribution in [0.15, 0.2) is 0 Å². The number of amides is 2. The number of carbonyl (C=O) groups excluding carboxylic acids is 1. The van der Waals surface area contributed by atoms with Gasteiger partial charge in [0.05, 0.1) is 12.1 Å². The number of nitrogens with zero attached hydrogens (tertiary/aromatic N) is 3. The Kier molecular flexibility index (Phi) is 3.94. The van der Waals surface area contributed by atoms with Crippen molar-refractivity contribution in [3.8, 4) is 0 Å². The topological polar surface area (TPSA) is 133 Å². The number of thiophene rings is 1. The van der Waals surface area contributed by atoms with Gasteiger partial charge in [-0.05, 0) is 19.4 Å². The second kappa shape index (κ2) is 5.65. The van der Waals surface area contributed by atoms with Crippen LogP contribution >= 0.6 is 11.3 Å². The summed E-state index contributed by atoms with van der Waals surface area (Å²) in [7, 11) is 0. The lowest BCUT2D eigenvalue weighted by molar-refractivity contribution is 0.0697. The zero-order chi connectivity index (χ0) is 14.7. The van der Waals surface area contributed by atoms with Crippen molar-refractivity contribution < 1.29 is 14.7 Å². The molecule has 0 bridgehead atoms. The first-order valence-electron chi connectivity index (χ1n) is 5.59. The molecule has 0 unspecified atom stereocenters. The molecular formula is C10H12N6O3S. The molecule has 0 aromatic carbocycles. The van der Waals surface area contributed by atoms with Gasteiger partial charge >= 0.3 is 12.0 Å². The predicted molar refractivity (Wildman–Crippen MR) is 70.8 cm³/mol. The lowest BCUT2D eigenvalue weighted by Gasteiger charge is -2.05. The lowest BCUT2D eigenvalue weighted by atomic mass is 10.1. The average Bonchev–Trinajstić information content (AvgIpc) is 2.96. The molecule has 0 atom stereocenters. The molecule has 2 heterocycles. The zero-order valence-electron chi connectivity index (χ0n) is 10.7. The van der Waals surface area contributed by atoms with E-state index in [0.717, 1.165) is 4.88 Å². The number of aromatic amines is 1. The van der Waals surface area contributed by atoms with Crippen LogP contribution in [0.1, 0.15) is 26.6 Å². The summed E-state index contributed by atoms with van der Waals surface area (Å²) in [6, 6.07) is -0.529. The highest BCUT2D eigenvalue weighted by atomic mass is 32.1. The Bertz CT molecular complexity index is 636. The summed E-state index contributed by atoms with van der Waals surface area (Å²) in [4.78, 5) is 23.7. The van der Waals surface area contributed by atoms with Crippen LogP contribution in [-0.2, 0) is 6.54 Å². The number of aromatic carboxylic acids is 1. The van der Waals surface area contributed by atoms with Crippen molar-refractivity contribution in [3.05, 3.63) is 21.8 Å². The molecule has 0 saturated carbocycles. The van der Waals surface area contributed by atoms with Gasteiger partial charge in [0.15, 0.2) is 5.82 Å². The smallest absolute Gasteiger partial charge is 0.338 e. The fourth-order valence-electron chi connectivity index (χ4n) is 1.54. The quantitative estimate of drug-likeness (QED) is 0.662. The predicted octanol–water partition coefficient (Wildman–Crippen LogP) is 0.898.